The SMILES string of the molecule is Cl.c1c[nH]c(-c2noc(CNCC3CC3)n2)n1. The highest BCUT2D eigenvalue weighted by Gasteiger charge is 2.20. The van der Waals surface area contributed by atoms with Gasteiger partial charge in [0.15, 0.2) is 5.82 Å². The summed E-state index contributed by atoms with van der Waals surface area (Å²) >= 11 is 0. The summed E-state index contributed by atoms with van der Waals surface area (Å²) in [7, 11) is 0. The summed E-state index contributed by atoms with van der Waals surface area (Å²) in [6.07, 6.45) is 6.08. The number of halogens is 1. The van der Waals surface area contributed by atoms with Crippen LogP contribution in [0.4, 0.5) is 0 Å². The predicted molar refractivity (Wildman–Crippen MR) is 63.6 cm³/mol. The lowest BCUT2D eigenvalue weighted by Crippen LogP contribution is -2.16. The largest absolute Gasteiger partial charge is 0.342 e. The third-order valence-electron chi connectivity index (χ3n) is 2.58. The Balaban J connectivity index is 0.00000108. The Hall–Kier alpha value is -1.40. The minimum absolute atomic E-state index is 0. The van der Waals surface area contributed by atoms with Gasteiger partial charge in [0.05, 0.1) is 6.54 Å². The Morgan fingerprint density at radius 1 is 1.47 bits per heavy atom. The van der Waals surface area contributed by atoms with E-state index in [4.69, 9.17) is 4.52 Å². The van der Waals surface area contributed by atoms with Crippen LogP contribution in [0.25, 0.3) is 11.6 Å². The number of hydrogen-bond acceptors (Lipinski definition) is 5. The minimum atomic E-state index is 0. The van der Waals surface area contributed by atoms with E-state index < -0.39 is 0 Å². The zero-order valence-electron chi connectivity index (χ0n) is 9.22. The Labute approximate surface area is 105 Å². The Bertz CT molecular complexity index is 451. The van der Waals surface area contributed by atoms with Crippen molar-refractivity contribution in [1.82, 2.24) is 25.4 Å². The average Bonchev–Trinajstić information content (AvgIpc) is 2.83. The topological polar surface area (TPSA) is 79.6 Å². The van der Waals surface area contributed by atoms with Gasteiger partial charge in [0.2, 0.25) is 11.7 Å². The van der Waals surface area contributed by atoms with Crippen molar-refractivity contribution < 1.29 is 4.52 Å². The van der Waals surface area contributed by atoms with Gasteiger partial charge in [-0.15, -0.1) is 12.4 Å². The molecule has 0 atom stereocenters. The van der Waals surface area contributed by atoms with Gasteiger partial charge < -0.3 is 14.8 Å². The highest BCUT2D eigenvalue weighted by molar-refractivity contribution is 5.85. The first-order valence-electron chi connectivity index (χ1n) is 5.45. The lowest BCUT2D eigenvalue weighted by atomic mass is 10.4. The molecule has 0 aromatic carbocycles. The van der Waals surface area contributed by atoms with Crippen LogP contribution in [0.15, 0.2) is 16.9 Å². The molecule has 1 aliphatic carbocycles. The molecule has 0 bridgehead atoms. The van der Waals surface area contributed by atoms with Crippen LogP contribution < -0.4 is 5.32 Å². The zero-order chi connectivity index (χ0) is 10.8. The van der Waals surface area contributed by atoms with Crippen molar-refractivity contribution >= 4 is 12.4 Å². The second kappa shape index (κ2) is 5.29. The van der Waals surface area contributed by atoms with Gasteiger partial charge in [-0.05, 0) is 25.3 Å². The maximum atomic E-state index is 5.11. The van der Waals surface area contributed by atoms with Gasteiger partial charge in [0.1, 0.15) is 0 Å². The summed E-state index contributed by atoms with van der Waals surface area (Å²) in [6.45, 7) is 1.67. The van der Waals surface area contributed by atoms with Crippen LogP contribution in [-0.4, -0.2) is 26.7 Å². The van der Waals surface area contributed by atoms with Crippen LogP contribution in [0.1, 0.15) is 18.7 Å². The Kier molecular flexibility index (Phi) is 3.75. The van der Waals surface area contributed by atoms with E-state index in [-0.39, 0.29) is 12.4 Å². The van der Waals surface area contributed by atoms with E-state index in [9.17, 15) is 0 Å². The molecule has 2 heterocycles. The molecule has 0 radical (unpaired) electrons. The van der Waals surface area contributed by atoms with Crippen LogP contribution >= 0.6 is 12.4 Å². The van der Waals surface area contributed by atoms with Crippen molar-refractivity contribution in [2.24, 2.45) is 5.92 Å². The number of nitrogens with one attached hydrogen (secondary N) is 2. The summed E-state index contributed by atoms with van der Waals surface area (Å²) in [5.74, 6) is 2.60. The van der Waals surface area contributed by atoms with E-state index in [1.165, 1.54) is 12.8 Å². The third kappa shape index (κ3) is 3.04. The van der Waals surface area contributed by atoms with Crippen molar-refractivity contribution in [3.8, 4) is 11.6 Å². The van der Waals surface area contributed by atoms with E-state index >= 15 is 0 Å². The number of aromatic amines is 1. The highest BCUT2D eigenvalue weighted by atomic mass is 35.5. The van der Waals surface area contributed by atoms with Gasteiger partial charge in [-0.1, -0.05) is 5.16 Å². The lowest BCUT2D eigenvalue weighted by molar-refractivity contribution is 0.366. The van der Waals surface area contributed by atoms with Crippen LogP contribution in [0.5, 0.6) is 0 Å². The molecule has 0 saturated heterocycles. The maximum absolute atomic E-state index is 5.11. The van der Waals surface area contributed by atoms with Crippen molar-refractivity contribution in [3.05, 3.63) is 18.3 Å². The number of rotatable bonds is 5. The van der Waals surface area contributed by atoms with Gasteiger partial charge >= 0.3 is 0 Å². The first-order valence-corrected chi connectivity index (χ1v) is 5.45. The van der Waals surface area contributed by atoms with Gasteiger partial charge in [-0.3, -0.25) is 0 Å². The highest BCUT2D eigenvalue weighted by Crippen LogP contribution is 2.27. The molecular formula is C10H14ClN5O. The number of imidazole rings is 1. The van der Waals surface area contributed by atoms with Gasteiger partial charge in [-0.25, -0.2) is 4.98 Å². The molecule has 0 aliphatic heterocycles. The van der Waals surface area contributed by atoms with Crippen molar-refractivity contribution in [1.29, 1.82) is 0 Å². The number of H-pyrrole nitrogens is 1. The number of hydrogen-bond donors (Lipinski definition) is 2. The molecule has 0 unspecified atom stereocenters. The second-order valence-corrected chi connectivity index (χ2v) is 4.02. The van der Waals surface area contributed by atoms with Crippen LogP contribution in [0.3, 0.4) is 0 Å². The van der Waals surface area contributed by atoms with Crippen LogP contribution in [0, 0.1) is 5.92 Å². The fraction of sp³-hybridized carbons (Fsp3) is 0.500. The molecule has 3 rings (SSSR count). The predicted octanol–water partition coefficient (Wildman–Crippen LogP) is 1.38. The van der Waals surface area contributed by atoms with Crippen LogP contribution in [0.2, 0.25) is 0 Å². The summed E-state index contributed by atoms with van der Waals surface area (Å²) in [4.78, 5) is 11.2. The van der Waals surface area contributed by atoms with E-state index in [2.05, 4.69) is 25.4 Å². The zero-order valence-corrected chi connectivity index (χ0v) is 10.0. The van der Waals surface area contributed by atoms with Gasteiger partial charge in [0.25, 0.3) is 0 Å². The molecule has 1 saturated carbocycles. The molecule has 0 amide bonds. The molecule has 2 N–H and O–H groups in total. The minimum Gasteiger partial charge on any atom is -0.342 e. The third-order valence-corrected chi connectivity index (χ3v) is 2.58. The van der Waals surface area contributed by atoms with Crippen molar-refractivity contribution in [2.45, 2.75) is 19.4 Å². The number of aromatic nitrogens is 4. The first kappa shape index (κ1) is 12.1. The fourth-order valence-electron chi connectivity index (χ4n) is 1.52. The standard InChI is InChI=1S/C10H13N5O.ClH/c1-2-7(1)5-11-6-8-14-10(15-16-8)9-12-3-4-13-9;/h3-4,7,11H,1-2,5-6H2,(H,12,13);1H. The molecule has 7 heteroatoms. The average molecular weight is 256 g/mol. The molecule has 1 aliphatic rings. The summed E-state index contributed by atoms with van der Waals surface area (Å²) in [5.41, 5.74) is 0. The first-order chi connectivity index (χ1) is 7.92. The molecule has 6 nitrogen and oxygen atoms in total. The lowest BCUT2D eigenvalue weighted by Gasteiger charge is -1.96. The number of nitrogens with zero attached hydrogens (tertiary/aromatic N) is 3. The smallest absolute Gasteiger partial charge is 0.241 e. The summed E-state index contributed by atoms with van der Waals surface area (Å²) in [6, 6.07) is 0. The molecule has 0 spiro atoms. The molecular weight excluding hydrogens is 242 g/mol. The quantitative estimate of drug-likeness (QED) is 0.844. The maximum Gasteiger partial charge on any atom is 0.241 e. The molecule has 1 fully saturated rings. The van der Waals surface area contributed by atoms with E-state index in [0.717, 1.165) is 12.5 Å². The Morgan fingerprint density at radius 2 is 2.35 bits per heavy atom. The normalized spacial score (nSPS) is 14.6. The summed E-state index contributed by atoms with van der Waals surface area (Å²) in [5, 5.41) is 7.15. The van der Waals surface area contributed by atoms with Crippen molar-refractivity contribution in [2.75, 3.05) is 6.54 Å². The molecule has 2 aromatic rings. The van der Waals surface area contributed by atoms with Gasteiger partial charge in [0, 0.05) is 12.4 Å². The van der Waals surface area contributed by atoms with Gasteiger partial charge in [-0.2, -0.15) is 4.98 Å². The molecule has 17 heavy (non-hydrogen) atoms. The molecule has 2 aromatic heterocycles. The van der Waals surface area contributed by atoms with E-state index in [1.54, 1.807) is 12.4 Å². The molecule has 92 valence electrons. The monoisotopic (exact) mass is 255 g/mol. The van der Waals surface area contributed by atoms with E-state index in [1.807, 2.05) is 0 Å². The second-order valence-electron chi connectivity index (χ2n) is 4.02. The van der Waals surface area contributed by atoms with Crippen LogP contribution in [-0.2, 0) is 6.54 Å². The summed E-state index contributed by atoms with van der Waals surface area (Å²) < 4.78 is 5.11. The fourth-order valence-corrected chi connectivity index (χ4v) is 1.52. The van der Waals surface area contributed by atoms with E-state index in [0.29, 0.717) is 24.1 Å². The Morgan fingerprint density at radius 3 is 3.06 bits per heavy atom. The van der Waals surface area contributed by atoms with Crippen molar-refractivity contribution in [3.63, 3.8) is 0 Å².